The van der Waals surface area contributed by atoms with Crippen LogP contribution in [-0.4, -0.2) is 44.9 Å². The van der Waals surface area contributed by atoms with Gasteiger partial charge in [0.1, 0.15) is 36.3 Å². The highest BCUT2D eigenvalue weighted by Gasteiger charge is 2.50. The minimum absolute atomic E-state index is 0.0557. The predicted molar refractivity (Wildman–Crippen MR) is 191 cm³/mol. The van der Waals surface area contributed by atoms with Crippen molar-refractivity contribution in [2.75, 3.05) is 6.61 Å². The molecule has 1 fully saturated rings. The lowest BCUT2D eigenvalue weighted by Gasteiger charge is -2.46. The molecule has 0 bridgehead atoms. The molecule has 1 heterocycles. The Labute approximate surface area is 307 Å². The van der Waals surface area contributed by atoms with Gasteiger partial charge in [-0.05, 0) is 39.9 Å². The van der Waals surface area contributed by atoms with Crippen LogP contribution < -0.4 is 4.18 Å². The van der Waals surface area contributed by atoms with E-state index in [1.54, 1.807) is 6.07 Å². The standard InChI is InChI=1S/C41H39F3O8S/c42-41(43,44)53(45,46)52-35-23-13-22-34(24-35)37-39(49-27-32-18-9-3-10-19-32)40(50-28-33-20-11-4-12-21-33)38(48-26-31-16-7-2-8-17-31)36(51-37)29-47-25-30-14-5-1-6-15-30/h1-24,36-40H,25-29H2/t36-,37?,38-,39+,40+/m1/s1. The topological polar surface area (TPSA) is 89.5 Å². The van der Waals surface area contributed by atoms with E-state index in [9.17, 15) is 21.6 Å². The summed E-state index contributed by atoms with van der Waals surface area (Å²) in [4.78, 5) is 0. The molecule has 5 aromatic carbocycles. The van der Waals surface area contributed by atoms with Crippen molar-refractivity contribution in [1.82, 2.24) is 0 Å². The number of ether oxygens (including phenoxy) is 5. The maximum absolute atomic E-state index is 13.3. The maximum atomic E-state index is 13.3. The molecule has 1 unspecified atom stereocenters. The molecule has 1 aliphatic heterocycles. The third-order valence-electron chi connectivity index (χ3n) is 8.56. The second-order valence-corrected chi connectivity index (χ2v) is 14.0. The number of alkyl halides is 3. The molecular formula is C41H39F3O8S. The van der Waals surface area contributed by atoms with E-state index in [2.05, 4.69) is 4.18 Å². The molecule has 278 valence electrons. The molecule has 8 nitrogen and oxygen atoms in total. The Morgan fingerprint density at radius 2 is 1.00 bits per heavy atom. The number of hydrogen-bond acceptors (Lipinski definition) is 8. The highest BCUT2D eigenvalue weighted by atomic mass is 32.2. The smallest absolute Gasteiger partial charge is 0.376 e. The number of rotatable bonds is 16. The van der Waals surface area contributed by atoms with Crippen molar-refractivity contribution in [3.8, 4) is 5.75 Å². The Kier molecular flexibility index (Phi) is 12.9. The summed E-state index contributed by atoms with van der Waals surface area (Å²) in [7, 11) is -5.94. The Hall–Kier alpha value is -4.56. The highest BCUT2D eigenvalue weighted by Crippen LogP contribution is 2.40. The molecule has 53 heavy (non-hydrogen) atoms. The van der Waals surface area contributed by atoms with Crippen LogP contribution in [0.5, 0.6) is 5.75 Å². The van der Waals surface area contributed by atoms with Gasteiger partial charge in [-0.25, -0.2) is 0 Å². The molecule has 1 aliphatic rings. The maximum Gasteiger partial charge on any atom is 0.534 e. The normalized spacial score (nSPS) is 20.5. The van der Waals surface area contributed by atoms with Gasteiger partial charge in [-0.1, -0.05) is 133 Å². The quantitative estimate of drug-likeness (QED) is 0.0736. The number of benzene rings is 5. The molecule has 0 amide bonds. The van der Waals surface area contributed by atoms with E-state index in [1.807, 2.05) is 121 Å². The Bertz CT molecular complexity index is 1950. The molecule has 5 atom stereocenters. The largest absolute Gasteiger partial charge is 0.534 e. The zero-order chi connectivity index (χ0) is 37.1. The first-order valence-electron chi connectivity index (χ1n) is 17.0. The fourth-order valence-corrected chi connectivity index (χ4v) is 6.43. The highest BCUT2D eigenvalue weighted by molar-refractivity contribution is 7.88. The van der Waals surface area contributed by atoms with E-state index in [0.29, 0.717) is 5.56 Å². The molecule has 0 saturated carbocycles. The van der Waals surface area contributed by atoms with E-state index < -0.39 is 51.9 Å². The first kappa shape index (κ1) is 38.2. The summed E-state index contributed by atoms with van der Waals surface area (Å²) in [5.41, 5.74) is -1.70. The van der Waals surface area contributed by atoms with Gasteiger partial charge in [0.2, 0.25) is 0 Å². The summed E-state index contributed by atoms with van der Waals surface area (Å²) in [6.45, 7) is 0.859. The van der Waals surface area contributed by atoms with E-state index in [-0.39, 0.29) is 33.0 Å². The summed E-state index contributed by atoms with van der Waals surface area (Å²) in [5, 5.41) is 0. The molecular weight excluding hydrogens is 710 g/mol. The van der Waals surface area contributed by atoms with Gasteiger partial charge < -0.3 is 27.9 Å². The fourth-order valence-electron chi connectivity index (χ4n) is 5.97. The third kappa shape index (κ3) is 10.5. The lowest BCUT2D eigenvalue weighted by atomic mass is 9.90. The van der Waals surface area contributed by atoms with Gasteiger partial charge in [-0.2, -0.15) is 21.6 Å². The van der Waals surface area contributed by atoms with Crippen molar-refractivity contribution in [2.45, 2.75) is 62.5 Å². The van der Waals surface area contributed by atoms with Crippen LogP contribution in [0.1, 0.15) is 33.9 Å². The molecule has 0 aromatic heterocycles. The van der Waals surface area contributed by atoms with E-state index >= 15 is 0 Å². The van der Waals surface area contributed by atoms with Crippen LogP contribution in [0, 0.1) is 0 Å². The molecule has 5 aromatic rings. The Morgan fingerprint density at radius 3 is 1.49 bits per heavy atom. The van der Waals surface area contributed by atoms with Crippen LogP contribution in [0.4, 0.5) is 13.2 Å². The summed E-state index contributed by atoms with van der Waals surface area (Å²) >= 11 is 0. The Balaban J connectivity index is 1.38. The van der Waals surface area contributed by atoms with E-state index in [4.69, 9.17) is 23.7 Å². The SMILES string of the molecule is O=S(=O)(Oc1cccc(C2O[C@H](COCc3ccccc3)[C@@H](OCc3ccccc3)[C@H](OCc3ccccc3)[C@H]2OCc2ccccc2)c1)C(F)(F)F. The average Bonchev–Trinajstić information content (AvgIpc) is 3.17. The van der Waals surface area contributed by atoms with Gasteiger partial charge in [0, 0.05) is 0 Å². The lowest BCUT2D eigenvalue weighted by molar-refractivity contribution is -0.275. The van der Waals surface area contributed by atoms with Crippen LogP contribution in [-0.2, 0) is 60.2 Å². The summed E-state index contributed by atoms with van der Waals surface area (Å²) in [6.07, 6.45) is -4.22. The van der Waals surface area contributed by atoms with Gasteiger partial charge in [0.15, 0.2) is 0 Å². The summed E-state index contributed by atoms with van der Waals surface area (Å²) in [6, 6.07) is 43.6. The zero-order valence-corrected chi connectivity index (χ0v) is 29.4. The number of halogens is 3. The molecule has 0 radical (unpaired) electrons. The van der Waals surface area contributed by atoms with Crippen molar-refractivity contribution in [3.05, 3.63) is 173 Å². The summed E-state index contributed by atoms with van der Waals surface area (Å²) < 4.78 is 101. The lowest BCUT2D eigenvalue weighted by Crippen LogP contribution is -2.58. The number of hydrogen-bond donors (Lipinski definition) is 0. The molecule has 0 aliphatic carbocycles. The minimum atomic E-state index is -5.94. The Morgan fingerprint density at radius 1 is 0.547 bits per heavy atom. The third-order valence-corrected chi connectivity index (χ3v) is 9.54. The average molecular weight is 749 g/mol. The van der Waals surface area contributed by atoms with Crippen molar-refractivity contribution in [2.24, 2.45) is 0 Å². The van der Waals surface area contributed by atoms with Gasteiger partial charge in [0.05, 0.1) is 33.0 Å². The van der Waals surface area contributed by atoms with Crippen molar-refractivity contribution in [1.29, 1.82) is 0 Å². The second kappa shape index (κ2) is 18.0. The first-order chi connectivity index (χ1) is 25.7. The molecule has 12 heteroatoms. The van der Waals surface area contributed by atoms with Crippen molar-refractivity contribution >= 4 is 10.1 Å². The van der Waals surface area contributed by atoms with Crippen molar-refractivity contribution in [3.63, 3.8) is 0 Å². The molecule has 0 spiro atoms. The second-order valence-electron chi connectivity index (χ2n) is 12.4. The van der Waals surface area contributed by atoms with Crippen LogP contribution in [0.25, 0.3) is 0 Å². The monoisotopic (exact) mass is 748 g/mol. The fraction of sp³-hybridized carbons (Fsp3) is 0.268. The molecule has 1 saturated heterocycles. The van der Waals surface area contributed by atoms with Crippen LogP contribution >= 0.6 is 0 Å². The predicted octanol–water partition coefficient (Wildman–Crippen LogP) is 8.33. The van der Waals surface area contributed by atoms with Gasteiger partial charge in [-0.15, -0.1) is 0 Å². The summed E-state index contributed by atoms with van der Waals surface area (Å²) in [5.74, 6) is -0.536. The van der Waals surface area contributed by atoms with Crippen LogP contribution in [0.2, 0.25) is 0 Å². The first-order valence-corrected chi connectivity index (χ1v) is 18.4. The van der Waals surface area contributed by atoms with Gasteiger partial charge in [-0.3, -0.25) is 0 Å². The van der Waals surface area contributed by atoms with E-state index in [0.717, 1.165) is 28.3 Å². The minimum Gasteiger partial charge on any atom is -0.376 e. The van der Waals surface area contributed by atoms with Crippen LogP contribution in [0.15, 0.2) is 146 Å². The molecule has 0 N–H and O–H groups in total. The van der Waals surface area contributed by atoms with Gasteiger partial charge >= 0.3 is 15.6 Å². The zero-order valence-electron chi connectivity index (χ0n) is 28.6. The van der Waals surface area contributed by atoms with Crippen molar-refractivity contribution < 1.29 is 49.5 Å². The van der Waals surface area contributed by atoms with Gasteiger partial charge in [0.25, 0.3) is 0 Å². The van der Waals surface area contributed by atoms with E-state index in [1.165, 1.54) is 12.1 Å². The van der Waals surface area contributed by atoms with Crippen LogP contribution in [0.3, 0.4) is 0 Å². The molecule has 6 rings (SSSR count).